The smallest absolute Gasteiger partial charge is 0.269 e. The average Bonchev–Trinajstić information content (AvgIpc) is 2.74. The van der Waals surface area contributed by atoms with E-state index >= 15 is 0 Å². The van der Waals surface area contributed by atoms with Gasteiger partial charge in [-0.3, -0.25) is 14.5 Å². The average molecular weight is 372 g/mol. The number of hydrogen-bond acceptors (Lipinski definition) is 4. The largest absolute Gasteiger partial charge is 0.388 e. The lowest BCUT2D eigenvalue weighted by Gasteiger charge is -2.23. The second-order valence-corrected chi connectivity index (χ2v) is 6.03. The van der Waals surface area contributed by atoms with Crippen LogP contribution in [0.25, 0.3) is 0 Å². The fourth-order valence-corrected chi connectivity index (χ4v) is 2.77. The van der Waals surface area contributed by atoms with Crippen LogP contribution < -0.4 is 15.5 Å². The Morgan fingerprint density at radius 2 is 1.96 bits per heavy atom. The summed E-state index contributed by atoms with van der Waals surface area (Å²) < 4.78 is 4.96. The standard InChI is InChI=1S/C19H18ClN3O3/c1-26-10-9-21-12-15-18(24)22-16-8-7-13(20)11-17(16)23(19(15)25)14-5-3-2-4-6-14/h2-8,11-12,21H,9-10H2,1H3,(H,22,24)/b15-12+. The van der Waals surface area contributed by atoms with Gasteiger partial charge in [-0.2, -0.15) is 0 Å². The molecule has 2 N–H and O–H groups in total. The molecule has 0 spiro atoms. The molecule has 0 aromatic heterocycles. The molecule has 6 nitrogen and oxygen atoms in total. The van der Waals surface area contributed by atoms with Crippen LogP contribution in [0.15, 0.2) is 60.3 Å². The summed E-state index contributed by atoms with van der Waals surface area (Å²) in [5, 5.41) is 6.17. The van der Waals surface area contributed by atoms with Crippen LogP contribution in [-0.2, 0) is 14.3 Å². The highest BCUT2D eigenvalue weighted by Gasteiger charge is 2.32. The number of nitrogens with zero attached hydrogens (tertiary/aromatic N) is 1. The maximum absolute atomic E-state index is 13.2. The molecule has 0 unspecified atom stereocenters. The Labute approximate surface area is 156 Å². The number of anilines is 3. The highest BCUT2D eigenvalue weighted by Crippen LogP contribution is 2.37. The molecule has 1 aliphatic heterocycles. The molecule has 1 heterocycles. The van der Waals surface area contributed by atoms with Crippen molar-refractivity contribution in [1.82, 2.24) is 5.32 Å². The zero-order chi connectivity index (χ0) is 18.5. The first-order chi connectivity index (χ1) is 12.6. The summed E-state index contributed by atoms with van der Waals surface area (Å²) in [5.74, 6) is -0.929. The lowest BCUT2D eigenvalue weighted by Crippen LogP contribution is -2.30. The molecular weight excluding hydrogens is 354 g/mol. The van der Waals surface area contributed by atoms with E-state index in [0.29, 0.717) is 35.2 Å². The zero-order valence-corrected chi connectivity index (χ0v) is 14.9. The highest BCUT2D eigenvalue weighted by molar-refractivity contribution is 6.34. The second-order valence-electron chi connectivity index (χ2n) is 5.60. The number of fused-ring (bicyclic) bond motifs is 1. The summed E-state index contributed by atoms with van der Waals surface area (Å²) in [4.78, 5) is 27.2. The predicted molar refractivity (Wildman–Crippen MR) is 102 cm³/mol. The molecule has 2 aromatic rings. The van der Waals surface area contributed by atoms with E-state index in [2.05, 4.69) is 10.6 Å². The zero-order valence-electron chi connectivity index (χ0n) is 14.2. The molecule has 0 radical (unpaired) electrons. The van der Waals surface area contributed by atoms with E-state index in [-0.39, 0.29) is 5.57 Å². The van der Waals surface area contributed by atoms with Gasteiger partial charge in [0.15, 0.2) is 0 Å². The molecule has 7 heteroatoms. The number of methoxy groups -OCH3 is 1. The van der Waals surface area contributed by atoms with E-state index in [4.69, 9.17) is 16.3 Å². The van der Waals surface area contributed by atoms with Gasteiger partial charge in [0.05, 0.1) is 18.0 Å². The van der Waals surface area contributed by atoms with Crippen LogP contribution in [0.3, 0.4) is 0 Å². The van der Waals surface area contributed by atoms with E-state index in [1.54, 1.807) is 37.4 Å². The van der Waals surface area contributed by atoms with Crippen molar-refractivity contribution in [2.24, 2.45) is 0 Å². The minimum Gasteiger partial charge on any atom is -0.388 e. The summed E-state index contributed by atoms with van der Waals surface area (Å²) >= 11 is 6.13. The van der Waals surface area contributed by atoms with E-state index in [0.717, 1.165) is 0 Å². The van der Waals surface area contributed by atoms with Crippen LogP contribution >= 0.6 is 11.6 Å². The molecule has 0 bridgehead atoms. The number of amides is 2. The molecule has 3 rings (SSSR count). The number of benzene rings is 2. The summed E-state index contributed by atoms with van der Waals surface area (Å²) in [7, 11) is 1.58. The van der Waals surface area contributed by atoms with Gasteiger partial charge in [0.25, 0.3) is 11.8 Å². The van der Waals surface area contributed by atoms with Crippen molar-refractivity contribution in [1.29, 1.82) is 0 Å². The topological polar surface area (TPSA) is 70.7 Å². The monoisotopic (exact) mass is 371 g/mol. The molecule has 26 heavy (non-hydrogen) atoms. The number of rotatable bonds is 5. The van der Waals surface area contributed by atoms with Crippen LogP contribution in [0.1, 0.15) is 0 Å². The molecule has 0 fully saturated rings. The van der Waals surface area contributed by atoms with Gasteiger partial charge in [0.1, 0.15) is 5.57 Å². The van der Waals surface area contributed by atoms with Gasteiger partial charge in [-0.1, -0.05) is 29.8 Å². The first kappa shape index (κ1) is 18.0. The third-order valence-electron chi connectivity index (χ3n) is 3.84. The Morgan fingerprint density at radius 1 is 1.19 bits per heavy atom. The first-order valence-electron chi connectivity index (χ1n) is 8.04. The van der Waals surface area contributed by atoms with Gasteiger partial charge in [-0.05, 0) is 30.3 Å². The first-order valence-corrected chi connectivity index (χ1v) is 8.42. The van der Waals surface area contributed by atoms with Crippen LogP contribution in [-0.4, -0.2) is 32.1 Å². The Hall–Kier alpha value is -2.83. The van der Waals surface area contributed by atoms with Gasteiger partial charge >= 0.3 is 0 Å². The van der Waals surface area contributed by atoms with Gasteiger partial charge in [0, 0.05) is 30.6 Å². The number of hydrogen-bond donors (Lipinski definition) is 2. The molecule has 134 valence electrons. The van der Waals surface area contributed by atoms with Gasteiger partial charge in [0.2, 0.25) is 0 Å². The molecule has 2 amide bonds. The number of carbonyl (C=O) groups excluding carboxylic acids is 2. The maximum atomic E-state index is 13.2. The lowest BCUT2D eigenvalue weighted by atomic mass is 10.2. The fourth-order valence-electron chi connectivity index (χ4n) is 2.61. The Kier molecular flexibility index (Phi) is 5.55. The van der Waals surface area contributed by atoms with E-state index < -0.39 is 11.8 Å². The van der Waals surface area contributed by atoms with Gasteiger partial charge < -0.3 is 15.4 Å². The van der Waals surface area contributed by atoms with E-state index in [1.165, 1.54) is 11.1 Å². The van der Waals surface area contributed by atoms with Crippen LogP contribution in [0.2, 0.25) is 5.02 Å². The number of halogens is 1. The van der Waals surface area contributed by atoms with Crippen LogP contribution in [0.4, 0.5) is 17.1 Å². The lowest BCUT2D eigenvalue weighted by molar-refractivity contribution is -0.119. The van der Waals surface area contributed by atoms with Crippen molar-refractivity contribution < 1.29 is 14.3 Å². The third kappa shape index (κ3) is 3.71. The fraction of sp³-hybridized carbons (Fsp3) is 0.158. The maximum Gasteiger partial charge on any atom is 0.269 e. The van der Waals surface area contributed by atoms with Gasteiger partial charge in [-0.25, -0.2) is 0 Å². The normalized spacial score (nSPS) is 15.5. The molecule has 0 saturated carbocycles. The van der Waals surface area contributed by atoms with Crippen molar-refractivity contribution in [3.63, 3.8) is 0 Å². The molecule has 0 saturated heterocycles. The minimum absolute atomic E-state index is 0.00252. The summed E-state index contributed by atoms with van der Waals surface area (Å²) in [5.41, 5.74) is 1.66. The predicted octanol–water partition coefficient (Wildman–Crippen LogP) is 3.08. The number of ether oxygens (including phenoxy) is 1. The van der Waals surface area contributed by atoms with Crippen molar-refractivity contribution in [3.05, 3.63) is 65.3 Å². The minimum atomic E-state index is -0.484. The number of carbonyl (C=O) groups is 2. The van der Waals surface area contributed by atoms with E-state index in [1.807, 2.05) is 18.2 Å². The molecule has 2 aromatic carbocycles. The van der Waals surface area contributed by atoms with Crippen molar-refractivity contribution in [2.75, 3.05) is 30.5 Å². The van der Waals surface area contributed by atoms with Crippen molar-refractivity contribution >= 4 is 40.5 Å². The Balaban J connectivity index is 2.07. The molecular formula is C19H18ClN3O3. The van der Waals surface area contributed by atoms with E-state index in [9.17, 15) is 9.59 Å². The van der Waals surface area contributed by atoms with Gasteiger partial charge in [-0.15, -0.1) is 0 Å². The van der Waals surface area contributed by atoms with Crippen molar-refractivity contribution in [2.45, 2.75) is 0 Å². The van der Waals surface area contributed by atoms with Crippen LogP contribution in [0, 0.1) is 0 Å². The van der Waals surface area contributed by atoms with Crippen LogP contribution in [0.5, 0.6) is 0 Å². The Bertz CT molecular complexity index is 852. The quantitative estimate of drug-likeness (QED) is 0.481. The molecule has 1 aliphatic rings. The second kappa shape index (κ2) is 8.03. The summed E-state index contributed by atoms with van der Waals surface area (Å²) in [6, 6.07) is 14.1. The SMILES string of the molecule is COCCN/C=C1\C(=O)Nc2ccc(Cl)cc2N(c2ccccc2)C1=O. The third-order valence-corrected chi connectivity index (χ3v) is 4.07. The molecule has 0 aliphatic carbocycles. The number of para-hydroxylation sites is 1. The summed E-state index contributed by atoms with van der Waals surface area (Å²) in [6.07, 6.45) is 1.42. The Morgan fingerprint density at radius 3 is 2.69 bits per heavy atom. The van der Waals surface area contributed by atoms with Crippen molar-refractivity contribution in [3.8, 4) is 0 Å². The molecule has 0 atom stereocenters. The highest BCUT2D eigenvalue weighted by atomic mass is 35.5. The number of nitrogens with one attached hydrogen (secondary N) is 2. The summed E-state index contributed by atoms with van der Waals surface area (Å²) in [6.45, 7) is 0.933.